The van der Waals surface area contributed by atoms with Gasteiger partial charge in [0.2, 0.25) is 0 Å². The van der Waals surface area contributed by atoms with Crippen molar-refractivity contribution in [1.82, 2.24) is 0 Å². The van der Waals surface area contributed by atoms with E-state index in [1.165, 1.54) is 0 Å². The number of hydrogen-bond acceptors (Lipinski definition) is 3. The number of aryl methyl sites for hydroxylation is 1. The van der Waals surface area contributed by atoms with E-state index in [9.17, 15) is 4.79 Å². The summed E-state index contributed by atoms with van der Waals surface area (Å²) in [5.74, 6) is -0.0331. The SMILES string of the molecule is Cc1ccc(N2CC(C)(CCO)OCC2=O)cc1. The van der Waals surface area contributed by atoms with E-state index in [1.54, 1.807) is 4.90 Å². The van der Waals surface area contributed by atoms with Gasteiger partial charge in [-0.2, -0.15) is 0 Å². The lowest BCUT2D eigenvalue weighted by atomic mass is 9.99. The van der Waals surface area contributed by atoms with Crippen LogP contribution in [-0.4, -0.2) is 36.4 Å². The third-order valence-corrected chi connectivity index (χ3v) is 3.32. The lowest BCUT2D eigenvalue weighted by molar-refractivity contribution is -0.138. The highest BCUT2D eigenvalue weighted by Crippen LogP contribution is 2.26. The molecule has 1 heterocycles. The first-order chi connectivity index (χ1) is 8.54. The second kappa shape index (κ2) is 5.08. The van der Waals surface area contributed by atoms with E-state index in [-0.39, 0.29) is 19.1 Å². The summed E-state index contributed by atoms with van der Waals surface area (Å²) in [4.78, 5) is 13.6. The van der Waals surface area contributed by atoms with Crippen LogP contribution in [0.2, 0.25) is 0 Å². The third-order valence-electron chi connectivity index (χ3n) is 3.32. The minimum absolute atomic E-state index is 0.0331. The Bertz CT molecular complexity index is 429. The van der Waals surface area contributed by atoms with Crippen LogP contribution in [0.5, 0.6) is 0 Å². The fourth-order valence-electron chi connectivity index (χ4n) is 2.13. The van der Waals surface area contributed by atoms with E-state index < -0.39 is 5.60 Å². The summed E-state index contributed by atoms with van der Waals surface area (Å²) >= 11 is 0. The molecule has 0 aliphatic carbocycles. The molecule has 1 aromatic carbocycles. The van der Waals surface area contributed by atoms with Gasteiger partial charge in [0.1, 0.15) is 6.61 Å². The molecular formula is C14H19NO3. The molecule has 1 aliphatic rings. The standard InChI is InChI=1S/C14H19NO3/c1-11-3-5-12(6-4-11)15-10-14(2,7-8-16)18-9-13(15)17/h3-6,16H,7-10H2,1-2H3. The molecule has 1 unspecified atom stereocenters. The van der Waals surface area contributed by atoms with Crippen LogP contribution >= 0.6 is 0 Å². The topological polar surface area (TPSA) is 49.8 Å². The first-order valence-electron chi connectivity index (χ1n) is 6.16. The summed E-state index contributed by atoms with van der Waals surface area (Å²) < 4.78 is 5.54. The Morgan fingerprint density at radius 2 is 2.06 bits per heavy atom. The quantitative estimate of drug-likeness (QED) is 0.883. The zero-order valence-electron chi connectivity index (χ0n) is 10.8. The van der Waals surface area contributed by atoms with Gasteiger partial charge >= 0.3 is 0 Å². The summed E-state index contributed by atoms with van der Waals surface area (Å²) in [5.41, 5.74) is 1.59. The minimum Gasteiger partial charge on any atom is -0.396 e. The average Bonchev–Trinajstić information content (AvgIpc) is 2.34. The summed E-state index contributed by atoms with van der Waals surface area (Å²) in [6, 6.07) is 7.86. The first kappa shape index (κ1) is 13.1. The van der Waals surface area contributed by atoms with Crippen molar-refractivity contribution in [2.75, 3.05) is 24.7 Å². The molecule has 1 saturated heterocycles. The van der Waals surface area contributed by atoms with Crippen molar-refractivity contribution in [1.29, 1.82) is 0 Å². The van der Waals surface area contributed by atoms with Crippen LogP contribution in [0, 0.1) is 6.92 Å². The molecule has 0 spiro atoms. The summed E-state index contributed by atoms with van der Waals surface area (Å²) in [6.07, 6.45) is 0.530. The summed E-state index contributed by atoms with van der Waals surface area (Å²) in [7, 11) is 0. The number of aliphatic hydroxyl groups is 1. The Balaban J connectivity index is 2.20. The van der Waals surface area contributed by atoms with Gasteiger partial charge in [-0.05, 0) is 26.0 Å². The first-order valence-corrected chi connectivity index (χ1v) is 6.16. The van der Waals surface area contributed by atoms with Gasteiger partial charge < -0.3 is 14.7 Å². The molecule has 1 atom stereocenters. The normalized spacial score (nSPS) is 24.4. The van der Waals surface area contributed by atoms with Gasteiger partial charge in [-0.1, -0.05) is 17.7 Å². The molecule has 0 radical (unpaired) electrons. The molecule has 1 aromatic rings. The van der Waals surface area contributed by atoms with E-state index >= 15 is 0 Å². The van der Waals surface area contributed by atoms with Crippen molar-refractivity contribution in [3.05, 3.63) is 29.8 Å². The Labute approximate surface area is 107 Å². The van der Waals surface area contributed by atoms with Gasteiger partial charge in [-0.15, -0.1) is 0 Å². The zero-order chi connectivity index (χ0) is 13.2. The molecule has 1 amide bonds. The summed E-state index contributed by atoms with van der Waals surface area (Å²) in [6.45, 7) is 4.56. The van der Waals surface area contributed by atoms with Crippen LogP contribution in [-0.2, 0) is 9.53 Å². The van der Waals surface area contributed by atoms with E-state index in [0.29, 0.717) is 13.0 Å². The van der Waals surface area contributed by atoms with Gasteiger partial charge in [0.15, 0.2) is 0 Å². The maximum atomic E-state index is 11.9. The van der Waals surface area contributed by atoms with E-state index in [1.807, 2.05) is 38.1 Å². The number of nitrogens with zero attached hydrogens (tertiary/aromatic N) is 1. The van der Waals surface area contributed by atoms with Crippen LogP contribution in [0.25, 0.3) is 0 Å². The number of benzene rings is 1. The summed E-state index contributed by atoms with van der Waals surface area (Å²) in [5, 5.41) is 9.06. The van der Waals surface area contributed by atoms with Crippen molar-refractivity contribution in [2.24, 2.45) is 0 Å². The van der Waals surface area contributed by atoms with Crippen molar-refractivity contribution < 1.29 is 14.6 Å². The number of carbonyl (C=O) groups is 1. The van der Waals surface area contributed by atoms with Crippen LogP contribution in [0.4, 0.5) is 5.69 Å². The Kier molecular flexibility index (Phi) is 3.68. The predicted octanol–water partition coefficient (Wildman–Crippen LogP) is 1.50. The fraction of sp³-hybridized carbons (Fsp3) is 0.500. The third kappa shape index (κ3) is 2.71. The molecule has 0 saturated carbocycles. The number of aliphatic hydroxyl groups excluding tert-OH is 1. The number of hydrogen-bond donors (Lipinski definition) is 1. The lowest BCUT2D eigenvalue weighted by Gasteiger charge is -2.40. The molecule has 0 aromatic heterocycles. The van der Waals surface area contributed by atoms with Crippen molar-refractivity contribution >= 4 is 11.6 Å². The van der Waals surface area contributed by atoms with Crippen molar-refractivity contribution in [3.8, 4) is 0 Å². The second-order valence-corrected chi connectivity index (χ2v) is 5.03. The maximum absolute atomic E-state index is 11.9. The van der Waals surface area contributed by atoms with E-state index in [4.69, 9.17) is 9.84 Å². The number of ether oxygens (including phenoxy) is 1. The number of anilines is 1. The molecule has 98 valence electrons. The van der Waals surface area contributed by atoms with Crippen LogP contribution < -0.4 is 4.90 Å². The molecular weight excluding hydrogens is 230 g/mol. The molecule has 4 nitrogen and oxygen atoms in total. The molecule has 1 N–H and O–H groups in total. The van der Waals surface area contributed by atoms with E-state index in [2.05, 4.69) is 0 Å². The molecule has 0 bridgehead atoms. The number of amides is 1. The van der Waals surface area contributed by atoms with Crippen molar-refractivity contribution in [3.63, 3.8) is 0 Å². The number of rotatable bonds is 3. The molecule has 2 rings (SSSR count). The highest BCUT2D eigenvalue weighted by atomic mass is 16.5. The minimum atomic E-state index is -0.465. The number of morpholine rings is 1. The Morgan fingerprint density at radius 3 is 2.67 bits per heavy atom. The van der Waals surface area contributed by atoms with Gasteiger partial charge in [-0.25, -0.2) is 0 Å². The van der Waals surface area contributed by atoms with Crippen LogP contribution in [0.1, 0.15) is 18.9 Å². The van der Waals surface area contributed by atoms with Gasteiger partial charge in [0, 0.05) is 18.7 Å². The average molecular weight is 249 g/mol. The number of carbonyl (C=O) groups excluding carboxylic acids is 1. The zero-order valence-corrected chi connectivity index (χ0v) is 10.8. The molecule has 1 aliphatic heterocycles. The fourth-order valence-corrected chi connectivity index (χ4v) is 2.13. The molecule has 4 heteroatoms. The lowest BCUT2D eigenvalue weighted by Crippen LogP contribution is -2.53. The van der Waals surface area contributed by atoms with Gasteiger partial charge in [0.05, 0.1) is 12.1 Å². The largest absolute Gasteiger partial charge is 0.396 e. The molecule has 18 heavy (non-hydrogen) atoms. The Hall–Kier alpha value is -1.39. The van der Waals surface area contributed by atoms with E-state index in [0.717, 1.165) is 11.3 Å². The van der Waals surface area contributed by atoms with Crippen LogP contribution in [0.3, 0.4) is 0 Å². The highest BCUT2D eigenvalue weighted by molar-refractivity contribution is 5.95. The highest BCUT2D eigenvalue weighted by Gasteiger charge is 2.36. The molecule has 1 fully saturated rings. The second-order valence-electron chi connectivity index (χ2n) is 5.03. The van der Waals surface area contributed by atoms with Gasteiger partial charge in [-0.3, -0.25) is 4.79 Å². The predicted molar refractivity (Wildman–Crippen MR) is 69.6 cm³/mol. The monoisotopic (exact) mass is 249 g/mol. The van der Waals surface area contributed by atoms with Crippen LogP contribution in [0.15, 0.2) is 24.3 Å². The van der Waals surface area contributed by atoms with Gasteiger partial charge in [0.25, 0.3) is 5.91 Å². The maximum Gasteiger partial charge on any atom is 0.253 e. The Morgan fingerprint density at radius 1 is 1.39 bits per heavy atom. The smallest absolute Gasteiger partial charge is 0.253 e. The van der Waals surface area contributed by atoms with Crippen molar-refractivity contribution in [2.45, 2.75) is 25.9 Å².